The van der Waals surface area contributed by atoms with E-state index in [1.165, 1.54) is 7.11 Å². The van der Waals surface area contributed by atoms with E-state index in [-0.39, 0.29) is 16.1 Å². The molecule has 1 atom stereocenters. The van der Waals surface area contributed by atoms with Gasteiger partial charge in [0.05, 0.1) is 22.8 Å². The summed E-state index contributed by atoms with van der Waals surface area (Å²) in [5.41, 5.74) is 4.75. The first kappa shape index (κ1) is 22.3. The number of nitrogens with one attached hydrogen (secondary N) is 1. The van der Waals surface area contributed by atoms with Gasteiger partial charge in [0.2, 0.25) is 10.0 Å². The molecule has 0 amide bonds. The molecule has 1 unspecified atom stereocenters. The molecule has 0 aromatic heterocycles. The van der Waals surface area contributed by atoms with Gasteiger partial charge in [-0.15, -0.1) is 11.8 Å². The topological polar surface area (TPSA) is 72.5 Å². The van der Waals surface area contributed by atoms with Gasteiger partial charge in [-0.2, -0.15) is 0 Å². The van der Waals surface area contributed by atoms with Crippen molar-refractivity contribution in [3.05, 3.63) is 101 Å². The van der Waals surface area contributed by atoms with Gasteiger partial charge >= 0.3 is 5.97 Å². The maximum atomic E-state index is 12.5. The molecule has 0 heterocycles. The van der Waals surface area contributed by atoms with Gasteiger partial charge in [-0.05, 0) is 46.5 Å². The van der Waals surface area contributed by atoms with Crippen LogP contribution < -0.4 is 4.72 Å². The number of esters is 1. The summed E-state index contributed by atoms with van der Waals surface area (Å²) in [5.74, 6) is 0.182. The fraction of sp³-hybridized carbons (Fsp3) is 0.160. The van der Waals surface area contributed by atoms with E-state index in [9.17, 15) is 13.2 Å². The van der Waals surface area contributed by atoms with Gasteiger partial charge in [-0.25, -0.2) is 17.9 Å². The number of hydrogen-bond acceptors (Lipinski definition) is 5. The lowest BCUT2D eigenvalue weighted by Gasteiger charge is -2.21. The van der Waals surface area contributed by atoms with Crippen molar-refractivity contribution in [1.29, 1.82) is 0 Å². The summed E-state index contributed by atoms with van der Waals surface area (Å²) in [5, 5.41) is -0.0537. The molecule has 1 aliphatic rings. The number of benzene rings is 3. The highest BCUT2D eigenvalue weighted by Gasteiger charge is 2.23. The molecule has 0 spiro atoms. The standard InChI is InChI=1S/C25H23NO4S2/c1-30-25(27)20-14-13-19-12-11-18-7-5-6-10-22(18)24(23(19)17-20)31-16-15-26-32(28,29)21-8-3-2-4-9-21/h2-14,17,24,26H,15-16H2,1H3. The van der Waals surface area contributed by atoms with Crippen molar-refractivity contribution in [2.75, 3.05) is 19.4 Å². The van der Waals surface area contributed by atoms with Gasteiger partial charge in [0.1, 0.15) is 0 Å². The number of carbonyl (C=O) groups excluding carboxylic acids is 1. The number of carbonyl (C=O) groups is 1. The first-order chi connectivity index (χ1) is 15.5. The van der Waals surface area contributed by atoms with E-state index in [0.717, 1.165) is 22.3 Å². The van der Waals surface area contributed by atoms with Crippen LogP contribution in [-0.2, 0) is 14.8 Å². The molecule has 164 valence electrons. The van der Waals surface area contributed by atoms with E-state index in [4.69, 9.17) is 4.74 Å². The Morgan fingerprint density at radius 3 is 2.38 bits per heavy atom. The third-order valence-electron chi connectivity index (χ3n) is 5.24. The Labute approximate surface area is 192 Å². The van der Waals surface area contributed by atoms with Crippen molar-refractivity contribution in [3.8, 4) is 0 Å². The fourth-order valence-electron chi connectivity index (χ4n) is 3.66. The van der Waals surface area contributed by atoms with Crippen LogP contribution in [0.15, 0.2) is 77.7 Å². The Balaban J connectivity index is 1.57. The highest BCUT2D eigenvalue weighted by Crippen LogP contribution is 2.42. The zero-order valence-electron chi connectivity index (χ0n) is 17.5. The Hall–Kier alpha value is -2.87. The number of rotatable bonds is 7. The summed E-state index contributed by atoms with van der Waals surface area (Å²) >= 11 is 1.64. The van der Waals surface area contributed by atoms with Crippen LogP contribution in [0.4, 0.5) is 0 Å². The van der Waals surface area contributed by atoms with Gasteiger partial charge in [0, 0.05) is 12.3 Å². The van der Waals surface area contributed by atoms with Crippen molar-refractivity contribution < 1.29 is 17.9 Å². The monoisotopic (exact) mass is 465 g/mol. The van der Waals surface area contributed by atoms with Crippen LogP contribution in [0, 0.1) is 0 Å². The van der Waals surface area contributed by atoms with Gasteiger partial charge in [-0.3, -0.25) is 0 Å². The molecule has 0 bridgehead atoms. The second-order valence-corrected chi connectivity index (χ2v) is 10.2. The molecule has 0 saturated carbocycles. The number of methoxy groups -OCH3 is 1. The third kappa shape index (κ3) is 4.80. The van der Waals surface area contributed by atoms with Crippen LogP contribution in [0.5, 0.6) is 0 Å². The average Bonchev–Trinajstić information content (AvgIpc) is 2.98. The molecule has 0 saturated heterocycles. The molecule has 0 radical (unpaired) electrons. The van der Waals surface area contributed by atoms with E-state index >= 15 is 0 Å². The molecular formula is C25H23NO4S2. The maximum Gasteiger partial charge on any atom is 0.337 e. The quantitative estimate of drug-likeness (QED) is 0.402. The van der Waals surface area contributed by atoms with E-state index in [1.807, 2.05) is 30.3 Å². The molecule has 4 rings (SSSR count). The number of fused-ring (bicyclic) bond motifs is 2. The second kappa shape index (κ2) is 9.73. The van der Waals surface area contributed by atoms with Crippen LogP contribution in [0.2, 0.25) is 0 Å². The van der Waals surface area contributed by atoms with Crippen molar-refractivity contribution in [1.82, 2.24) is 4.72 Å². The molecule has 7 heteroatoms. The summed E-state index contributed by atoms with van der Waals surface area (Å²) in [6.07, 6.45) is 4.12. The summed E-state index contributed by atoms with van der Waals surface area (Å²) in [6.45, 7) is 0.292. The van der Waals surface area contributed by atoms with Crippen molar-refractivity contribution in [2.45, 2.75) is 10.1 Å². The lowest BCUT2D eigenvalue weighted by molar-refractivity contribution is 0.0600. The smallest absolute Gasteiger partial charge is 0.337 e. The average molecular weight is 466 g/mol. The first-order valence-corrected chi connectivity index (χ1v) is 12.7. The Morgan fingerprint density at radius 1 is 0.938 bits per heavy atom. The summed E-state index contributed by atoms with van der Waals surface area (Å²) in [6, 6.07) is 22.0. The second-order valence-electron chi connectivity index (χ2n) is 7.26. The highest BCUT2D eigenvalue weighted by atomic mass is 32.2. The number of sulfonamides is 1. The van der Waals surface area contributed by atoms with Crippen LogP contribution in [0.25, 0.3) is 12.2 Å². The predicted molar refractivity (Wildman–Crippen MR) is 129 cm³/mol. The van der Waals surface area contributed by atoms with Crippen LogP contribution in [0.3, 0.4) is 0 Å². The Morgan fingerprint density at radius 2 is 1.62 bits per heavy atom. The molecule has 1 aliphatic carbocycles. The summed E-state index contributed by atoms with van der Waals surface area (Å²) in [4.78, 5) is 12.4. The largest absolute Gasteiger partial charge is 0.465 e. The molecule has 3 aromatic carbocycles. The van der Waals surface area contributed by atoms with Crippen molar-refractivity contribution in [2.24, 2.45) is 0 Å². The molecule has 32 heavy (non-hydrogen) atoms. The molecule has 5 nitrogen and oxygen atoms in total. The van der Waals surface area contributed by atoms with Crippen LogP contribution in [-0.4, -0.2) is 33.8 Å². The van der Waals surface area contributed by atoms with E-state index in [1.54, 1.807) is 48.2 Å². The number of thioether (sulfide) groups is 1. The Kier molecular flexibility index (Phi) is 6.79. The number of hydrogen-bond donors (Lipinski definition) is 1. The minimum absolute atomic E-state index is 0.0537. The summed E-state index contributed by atoms with van der Waals surface area (Å²) < 4.78 is 32.6. The zero-order valence-corrected chi connectivity index (χ0v) is 19.2. The first-order valence-electron chi connectivity index (χ1n) is 10.2. The van der Waals surface area contributed by atoms with Crippen molar-refractivity contribution >= 4 is 39.9 Å². The molecule has 0 fully saturated rings. The minimum atomic E-state index is -3.55. The molecule has 0 aliphatic heterocycles. The van der Waals surface area contributed by atoms with Gasteiger partial charge < -0.3 is 4.74 Å². The number of ether oxygens (including phenoxy) is 1. The predicted octanol–water partition coefficient (Wildman–Crippen LogP) is 4.76. The lowest BCUT2D eigenvalue weighted by atomic mass is 9.97. The van der Waals surface area contributed by atoms with Crippen LogP contribution >= 0.6 is 11.8 Å². The lowest BCUT2D eigenvalue weighted by Crippen LogP contribution is -2.26. The van der Waals surface area contributed by atoms with Gasteiger partial charge in [-0.1, -0.05) is 60.7 Å². The van der Waals surface area contributed by atoms with Crippen molar-refractivity contribution in [3.63, 3.8) is 0 Å². The van der Waals surface area contributed by atoms with Crippen LogP contribution in [0.1, 0.15) is 37.9 Å². The van der Waals surface area contributed by atoms with E-state index in [0.29, 0.717) is 17.9 Å². The molecular weight excluding hydrogens is 442 g/mol. The minimum Gasteiger partial charge on any atom is -0.465 e. The highest BCUT2D eigenvalue weighted by molar-refractivity contribution is 7.99. The fourth-order valence-corrected chi connectivity index (χ4v) is 6.08. The van der Waals surface area contributed by atoms with Gasteiger partial charge in [0.25, 0.3) is 0 Å². The van der Waals surface area contributed by atoms with E-state index in [2.05, 4.69) is 22.9 Å². The van der Waals surface area contributed by atoms with Gasteiger partial charge in [0.15, 0.2) is 0 Å². The maximum absolute atomic E-state index is 12.5. The SMILES string of the molecule is COC(=O)c1ccc2c(c1)C(SCCNS(=O)(=O)c1ccccc1)c1ccccc1C=C2. The zero-order chi connectivity index (χ0) is 22.6. The molecule has 1 N–H and O–H groups in total. The Bertz CT molecular complexity index is 1250. The normalized spacial score (nSPS) is 14.8. The van der Waals surface area contributed by atoms with E-state index < -0.39 is 10.0 Å². The molecule has 3 aromatic rings. The summed E-state index contributed by atoms with van der Waals surface area (Å²) in [7, 11) is -2.18. The third-order valence-corrected chi connectivity index (χ3v) is 8.00.